The molecule has 0 heterocycles. The summed E-state index contributed by atoms with van der Waals surface area (Å²) in [4.78, 5) is 0. The van der Waals surface area contributed by atoms with Crippen LogP contribution in [-0.2, 0) is 0 Å². The molecule has 1 aromatic carbocycles. The third-order valence-corrected chi connectivity index (χ3v) is 2.44. The molecule has 0 saturated heterocycles. The maximum atomic E-state index is 6.87. The van der Waals surface area contributed by atoms with Crippen LogP contribution < -0.4 is 11.2 Å². The van der Waals surface area contributed by atoms with E-state index in [2.05, 4.69) is 10.5 Å². The molecule has 0 spiro atoms. The zero-order valence-electron chi connectivity index (χ0n) is 7.39. The summed E-state index contributed by atoms with van der Waals surface area (Å²) in [5.41, 5.74) is 7.82. The SMILES string of the molecule is N=C(N)NN=Cc1cc(Cl)cc(Cl)c1Cl. The van der Waals surface area contributed by atoms with Gasteiger partial charge in [0, 0.05) is 10.6 Å². The average molecular weight is 266 g/mol. The molecule has 0 aliphatic rings. The molecule has 0 saturated carbocycles. The van der Waals surface area contributed by atoms with Crippen molar-refractivity contribution in [3.05, 3.63) is 32.8 Å². The Morgan fingerprint density at radius 1 is 1.40 bits per heavy atom. The van der Waals surface area contributed by atoms with Crippen molar-refractivity contribution in [3.63, 3.8) is 0 Å². The Hall–Kier alpha value is -0.970. The molecule has 0 atom stereocenters. The van der Waals surface area contributed by atoms with Crippen molar-refractivity contribution < 1.29 is 0 Å². The Kier molecular flexibility index (Phi) is 4.20. The molecule has 4 nitrogen and oxygen atoms in total. The molecule has 7 heteroatoms. The summed E-state index contributed by atoms with van der Waals surface area (Å²) >= 11 is 17.5. The molecular weight excluding hydrogens is 258 g/mol. The fourth-order valence-corrected chi connectivity index (χ4v) is 1.51. The summed E-state index contributed by atoms with van der Waals surface area (Å²) in [5.74, 6) is -0.268. The summed E-state index contributed by atoms with van der Waals surface area (Å²) < 4.78 is 0. The topological polar surface area (TPSA) is 74.3 Å². The van der Waals surface area contributed by atoms with Crippen LogP contribution in [-0.4, -0.2) is 12.2 Å². The fourth-order valence-electron chi connectivity index (χ4n) is 0.841. The number of nitrogens with two attached hydrogens (primary N) is 1. The number of benzene rings is 1. The van der Waals surface area contributed by atoms with E-state index in [9.17, 15) is 0 Å². The molecule has 0 amide bonds. The van der Waals surface area contributed by atoms with Crippen LogP contribution in [0.1, 0.15) is 5.56 Å². The molecule has 80 valence electrons. The quantitative estimate of drug-likeness (QED) is 0.332. The van der Waals surface area contributed by atoms with Gasteiger partial charge in [-0.3, -0.25) is 5.41 Å². The normalized spacial score (nSPS) is 10.6. The van der Waals surface area contributed by atoms with E-state index < -0.39 is 0 Å². The van der Waals surface area contributed by atoms with Crippen LogP contribution >= 0.6 is 34.8 Å². The Morgan fingerprint density at radius 2 is 2.07 bits per heavy atom. The Bertz CT molecular complexity index is 417. The second-order valence-electron chi connectivity index (χ2n) is 2.57. The van der Waals surface area contributed by atoms with Gasteiger partial charge in [0.1, 0.15) is 0 Å². The highest BCUT2D eigenvalue weighted by molar-refractivity contribution is 6.44. The summed E-state index contributed by atoms with van der Waals surface area (Å²) in [6.07, 6.45) is 1.38. The van der Waals surface area contributed by atoms with Gasteiger partial charge in [-0.05, 0) is 12.1 Å². The van der Waals surface area contributed by atoms with Crippen molar-refractivity contribution in [1.82, 2.24) is 5.43 Å². The van der Waals surface area contributed by atoms with Crippen LogP contribution in [0.4, 0.5) is 0 Å². The molecule has 4 N–H and O–H groups in total. The fraction of sp³-hybridized carbons (Fsp3) is 0. The van der Waals surface area contributed by atoms with E-state index in [1.807, 2.05) is 0 Å². The highest BCUT2D eigenvalue weighted by atomic mass is 35.5. The monoisotopic (exact) mass is 264 g/mol. The largest absolute Gasteiger partial charge is 0.369 e. The summed E-state index contributed by atoms with van der Waals surface area (Å²) in [7, 11) is 0. The Balaban J connectivity index is 2.94. The number of hydrazone groups is 1. The predicted octanol–water partition coefficient (Wildman–Crippen LogP) is 2.46. The number of nitrogens with zero attached hydrogens (tertiary/aromatic N) is 1. The lowest BCUT2D eigenvalue weighted by molar-refractivity contribution is 1.00. The number of nitrogens with one attached hydrogen (secondary N) is 2. The van der Waals surface area contributed by atoms with Crippen molar-refractivity contribution in [3.8, 4) is 0 Å². The Morgan fingerprint density at radius 3 is 2.67 bits per heavy atom. The molecule has 0 aliphatic heterocycles. The number of hydrogen-bond acceptors (Lipinski definition) is 2. The highest BCUT2D eigenvalue weighted by Gasteiger charge is 2.04. The number of halogens is 3. The molecular formula is C8H7Cl3N4. The van der Waals surface area contributed by atoms with Gasteiger partial charge in [0.05, 0.1) is 16.3 Å². The van der Waals surface area contributed by atoms with E-state index in [0.29, 0.717) is 20.6 Å². The summed E-state index contributed by atoms with van der Waals surface area (Å²) in [6.45, 7) is 0. The first-order valence-corrected chi connectivity index (χ1v) is 4.91. The van der Waals surface area contributed by atoms with Crippen LogP contribution in [0.2, 0.25) is 15.1 Å². The van der Waals surface area contributed by atoms with Crippen molar-refractivity contribution in [2.24, 2.45) is 10.8 Å². The van der Waals surface area contributed by atoms with Gasteiger partial charge in [-0.15, -0.1) is 0 Å². The van der Waals surface area contributed by atoms with Gasteiger partial charge in [0.15, 0.2) is 0 Å². The molecule has 0 aliphatic carbocycles. The number of guanidine groups is 1. The minimum absolute atomic E-state index is 0.268. The van der Waals surface area contributed by atoms with Gasteiger partial charge >= 0.3 is 0 Å². The molecule has 0 aromatic heterocycles. The molecule has 0 fully saturated rings. The smallest absolute Gasteiger partial charge is 0.206 e. The van der Waals surface area contributed by atoms with E-state index in [0.717, 1.165) is 0 Å². The van der Waals surface area contributed by atoms with Gasteiger partial charge in [0.2, 0.25) is 5.96 Å². The van der Waals surface area contributed by atoms with Crippen molar-refractivity contribution >= 4 is 47.0 Å². The van der Waals surface area contributed by atoms with Gasteiger partial charge in [-0.2, -0.15) is 5.10 Å². The van der Waals surface area contributed by atoms with E-state index in [1.165, 1.54) is 12.3 Å². The van der Waals surface area contributed by atoms with Crippen LogP contribution in [0.5, 0.6) is 0 Å². The molecule has 1 rings (SSSR count). The zero-order valence-corrected chi connectivity index (χ0v) is 9.66. The zero-order chi connectivity index (χ0) is 11.4. The molecule has 1 aromatic rings. The van der Waals surface area contributed by atoms with Crippen LogP contribution in [0.3, 0.4) is 0 Å². The first-order valence-electron chi connectivity index (χ1n) is 3.78. The first kappa shape index (κ1) is 12.1. The second-order valence-corrected chi connectivity index (χ2v) is 3.80. The average Bonchev–Trinajstić information content (AvgIpc) is 2.12. The van der Waals surface area contributed by atoms with E-state index in [-0.39, 0.29) is 5.96 Å². The van der Waals surface area contributed by atoms with E-state index >= 15 is 0 Å². The van der Waals surface area contributed by atoms with Crippen LogP contribution in [0.15, 0.2) is 17.2 Å². The van der Waals surface area contributed by atoms with Gasteiger partial charge in [0.25, 0.3) is 0 Å². The maximum Gasteiger partial charge on any atom is 0.206 e. The minimum Gasteiger partial charge on any atom is -0.369 e. The van der Waals surface area contributed by atoms with Crippen LogP contribution in [0, 0.1) is 5.41 Å². The molecule has 0 bridgehead atoms. The first-order chi connectivity index (χ1) is 7.00. The number of hydrogen-bond donors (Lipinski definition) is 3. The highest BCUT2D eigenvalue weighted by Crippen LogP contribution is 2.28. The maximum absolute atomic E-state index is 6.87. The van der Waals surface area contributed by atoms with Gasteiger partial charge in [-0.25, -0.2) is 5.43 Å². The summed E-state index contributed by atoms with van der Waals surface area (Å²) in [6, 6.07) is 3.13. The molecule has 15 heavy (non-hydrogen) atoms. The minimum atomic E-state index is -0.268. The standard InChI is InChI=1S/C8H7Cl3N4/c9-5-1-4(3-14-15-8(12)13)7(11)6(10)2-5/h1-3H,(H4,12,13,15). The lowest BCUT2D eigenvalue weighted by Gasteiger charge is -2.01. The third-order valence-electron chi connectivity index (χ3n) is 1.41. The summed E-state index contributed by atoms with van der Waals surface area (Å²) in [5, 5.41) is 11.7. The number of rotatable bonds is 2. The molecule has 0 radical (unpaired) electrons. The Labute approximate surface area is 102 Å². The van der Waals surface area contributed by atoms with Gasteiger partial charge < -0.3 is 5.73 Å². The lowest BCUT2D eigenvalue weighted by Crippen LogP contribution is -2.25. The van der Waals surface area contributed by atoms with Crippen molar-refractivity contribution in [1.29, 1.82) is 5.41 Å². The van der Waals surface area contributed by atoms with E-state index in [1.54, 1.807) is 6.07 Å². The van der Waals surface area contributed by atoms with Crippen molar-refractivity contribution in [2.45, 2.75) is 0 Å². The molecule has 0 unspecified atom stereocenters. The van der Waals surface area contributed by atoms with Crippen LogP contribution in [0.25, 0.3) is 0 Å². The lowest BCUT2D eigenvalue weighted by atomic mass is 10.2. The van der Waals surface area contributed by atoms with Crippen molar-refractivity contribution in [2.75, 3.05) is 0 Å². The second kappa shape index (κ2) is 5.21. The van der Waals surface area contributed by atoms with E-state index in [4.69, 9.17) is 45.9 Å². The van der Waals surface area contributed by atoms with Gasteiger partial charge in [-0.1, -0.05) is 34.8 Å². The predicted molar refractivity (Wildman–Crippen MR) is 64.1 cm³/mol. The third kappa shape index (κ3) is 3.58.